The van der Waals surface area contributed by atoms with Crippen LogP contribution in [-0.4, -0.2) is 30.4 Å². The lowest BCUT2D eigenvalue weighted by molar-refractivity contribution is -0.119. The average Bonchev–Trinajstić information content (AvgIpc) is 3.15. The minimum absolute atomic E-state index is 0.0559. The van der Waals surface area contributed by atoms with E-state index in [0.29, 0.717) is 19.6 Å². The van der Waals surface area contributed by atoms with Gasteiger partial charge in [0.05, 0.1) is 18.8 Å². The summed E-state index contributed by atoms with van der Waals surface area (Å²) in [7, 11) is 0. The van der Waals surface area contributed by atoms with Gasteiger partial charge < -0.3 is 15.8 Å². The SMILES string of the molecule is Cc1ccc(CSCCc2ccc(CO[C@H]3CN[C@H](C(N)=O)C3)cc2)cc1. The van der Waals surface area contributed by atoms with Gasteiger partial charge in [-0.25, -0.2) is 0 Å². The average molecular weight is 385 g/mol. The van der Waals surface area contributed by atoms with Crippen molar-refractivity contribution in [3.05, 3.63) is 70.8 Å². The van der Waals surface area contributed by atoms with Gasteiger partial charge in [0.1, 0.15) is 0 Å². The molecule has 1 amide bonds. The second-order valence-corrected chi connectivity index (χ2v) is 8.24. The third kappa shape index (κ3) is 6.38. The van der Waals surface area contributed by atoms with Crippen LogP contribution in [0.5, 0.6) is 0 Å². The molecule has 0 saturated carbocycles. The highest BCUT2D eigenvalue weighted by Gasteiger charge is 2.28. The fraction of sp³-hybridized carbons (Fsp3) is 0.409. The molecule has 27 heavy (non-hydrogen) atoms. The van der Waals surface area contributed by atoms with Gasteiger partial charge in [-0.05, 0) is 42.2 Å². The lowest BCUT2D eigenvalue weighted by Crippen LogP contribution is -2.36. The molecule has 2 aromatic rings. The number of aryl methyl sites for hydroxylation is 2. The van der Waals surface area contributed by atoms with Crippen LogP contribution in [0, 0.1) is 6.92 Å². The number of nitrogens with two attached hydrogens (primary N) is 1. The molecule has 2 aromatic carbocycles. The van der Waals surface area contributed by atoms with Gasteiger partial charge in [-0.15, -0.1) is 0 Å². The van der Waals surface area contributed by atoms with Crippen LogP contribution in [0.2, 0.25) is 0 Å². The molecule has 0 bridgehead atoms. The maximum atomic E-state index is 11.2. The van der Waals surface area contributed by atoms with Gasteiger partial charge >= 0.3 is 0 Å². The summed E-state index contributed by atoms with van der Waals surface area (Å²) in [4.78, 5) is 11.2. The van der Waals surface area contributed by atoms with Crippen LogP contribution >= 0.6 is 11.8 Å². The molecule has 2 atom stereocenters. The third-order valence-electron chi connectivity index (χ3n) is 4.87. The number of carbonyl (C=O) groups is 1. The first-order valence-corrected chi connectivity index (χ1v) is 10.6. The molecular formula is C22H28N2O2S. The number of primary amides is 1. The van der Waals surface area contributed by atoms with Crippen LogP contribution in [-0.2, 0) is 28.3 Å². The molecule has 0 aromatic heterocycles. The summed E-state index contributed by atoms with van der Waals surface area (Å²) in [6, 6.07) is 17.1. The van der Waals surface area contributed by atoms with Crippen molar-refractivity contribution in [2.45, 2.75) is 44.3 Å². The van der Waals surface area contributed by atoms with E-state index in [1.807, 2.05) is 11.8 Å². The first-order chi connectivity index (χ1) is 13.1. The Morgan fingerprint density at radius 3 is 2.44 bits per heavy atom. The molecule has 144 valence electrons. The standard InChI is InChI=1S/C22H28N2O2S/c1-16-2-4-19(5-3-16)15-27-11-10-17-6-8-18(9-7-17)14-26-20-12-21(22(23)25)24-13-20/h2-9,20-21,24H,10-15H2,1H3,(H2,23,25)/t20-,21+/m1/s1. The maximum Gasteiger partial charge on any atom is 0.234 e. The molecule has 1 aliphatic rings. The van der Waals surface area contributed by atoms with E-state index in [-0.39, 0.29) is 18.1 Å². The predicted molar refractivity (Wildman–Crippen MR) is 112 cm³/mol. The number of nitrogens with one attached hydrogen (secondary N) is 1. The number of benzene rings is 2. The molecule has 3 N–H and O–H groups in total. The summed E-state index contributed by atoms with van der Waals surface area (Å²) in [5.74, 6) is 1.88. The lowest BCUT2D eigenvalue weighted by atomic mass is 10.1. The van der Waals surface area contributed by atoms with Gasteiger partial charge in [-0.3, -0.25) is 4.79 Å². The summed E-state index contributed by atoms with van der Waals surface area (Å²) in [6.07, 6.45) is 1.79. The molecule has 0 spiro atoms. The zero-order valence-electron chi connectivity index (χ0n) is 15.8. The van der Waals surface area contributed by atoms with Crippen molar-refractivity contribution in [1.82, 2.24) is 5.32 Å². The highest BCUT2D eigenvalue weighted by atomic mass is 32.2. The van der Waals surface area contributed by atoms with Crippen molar-refractivity contribution < 1.29 is 9.53 Å². The fourth-order valence-electron chi connectivity index (χ4n) is 3.13. The number of ether oxygens (including phenoxy) is 1. The second-order valence-electron chi connectivity index (χ2n) is 7.14. The molecule has 0 aliphatic carbocycles. The molecule has 4 nitrogen and oxygen atoms in total. The molecule has 0 radical (unpaired) electrons. The monoisotopic (exact) mass is 384 g/mol. The topological polar surface area (TPSA) is 64.3 Å². The van der Waals surface area contributed by atoms with Crippen LogP contribution in [0.3, 0.4) is 0 Å². The molecule has 1 saturated heterocycles. The first-order valence-electron chi connectivity index (χ1n) is 9.45. The highest BCUT2D eigenvalue weighted by Crippen LogP contribution is 2.16. The summed E-state index contributed by atoms with van der Waals surface area (Å²) in [5.41, 5.74) is 10.5. The van der Waals surface area contributed by atoms with E-state index in [0.717, 1.165) is 23.5 Å². The molecule has 3 rings (SSSR count). The summed E-state index contributed by atoms with van der Waals surface area (Å²) >= 11 is 1.97. The van der Waals surface area contributed by atoms with Gasteiger partial charge in [-0.1, -0.05) is 54.1 Å². The Hall–Kier alpha value is -1.82. The predicted octanol–water partition coefficient (Wildman–Crippen LogP) is 3.20. The number of amides is 1. The molecule has 1 heterocycles. The van der Waals surface area contributed by atoms with E-state index in [1.165, 1.54) is 16.7 Å². The third-order valence-corrected chi connectivity index (χ3v) is 5.90. The quantitative estimate of drug-likeness (QED) is 0.652. The van der Waals surface area contributed by atoms with Crippen LogP contribution in [0.4, 0.5) is 0 Å². The van der Waals surface area contributed by atoms with E-state index in [2.05, 4.69) is 60.8 Å². The van der Waals surface area contributed by atoms with Crippen molar-refractivity contribution >= 4 is 17.7 Å². The van der Waals surface area contributed by atoms with Crippen LogP contribution in [0.25, 0.3) is 0 Å². The Labute approximate surface area is 165 Å². The lowest BCUT2D eigenvalue weighted by Gasteiger charge is -2.11. The van der Waals surface area contributed by atoms with Crippen molar-refractivity contribution in [3.63, 3.8) is 0 Å². The normalized spacial score (nSPS) is 19.3. The van der Waals surface area contributed by atoms with Crippen LogP contribution in [0.15, 0.2) is 48.5 Å². The Kier molecular flexibility index (Phi) is 7.33. The molecule has 5 heteroatoms. The van der Waals surface area contributed by atoms with E-state index in [9.17, 15) is 4.79 Å². The zero-order valence-corrected chi connectivity index (χ0v) is 16.6. The fourth-order valence-corrected chi connectivity index (χ4v) is 4.08. The van der Waals surface area contributed by atoms with Crippen molar-refractivity contribution in [1.29, 1.82) is 0 Å². The van der Waals surface area contributed by atoms with Gasteiger partial charge in [-0.2, -0.15) is 11.8 Å². The minimum Gasteiger partial charge on any atom is -0.372 e. The Morgan fingerprint density at radius 1 is 1.11 bits per heavy atom. The van der Waals surface area contributed by atoms with E-state index < -0.39 is 0 Å². The Balaban J connectivity index is 1.35. The number of hydrogen-bond acceptors (Lipinski definition) is 4. The van der Waals surface area contributed by atoms with Crippen molar-refractivity contribution in [3.8, 4) is 0 Å². The number of rotatable bonds is 9. The summed E-state index contributed by atoms with van der Waals surface area (Å²) in [6.45, 7) is 3.37. The Morgan fingerprint density at radius 2 is 1.78 bits per heavy atom. The van der Waals surface area contributed by atoms with E-state index in [1.54, 1.807) is 0 Å². The highest BCUT2D eigenvalue weighted by molar-refractivity contribution is 7.98. The van der Waals surface area contributed by atoms with Crippen LogP contribution < -0.4 is 11.1 Å². The number of thioether (sulfide) groups is 1. The van der Waals surface area contributed by atoms with Crippen molar-refractivity contribution in [2.75, 3.05) is 12.3 Å². The number of carbonyl (C=O) groups excluding carboxylic acids is 1. The minimum atomic E-state index is -0.300. The van der Waals surface area contributed by atoms with Gasteiger partial charge in [0.15, 0.2) is 0 Å². The van der Waals surface area contributed by atoms with Gasteiger partial charge in [0.25, 0.3) is 0 Å². The summed E-state index contributed by atoms with van der Waals surface area (Å²) in [5, 5.41) is 3.09. The zero-order chi connectivity index (χ0) is 19.1. The molecule has 0 unspecified atom stereocenters. The maximum absolute atomic E-state index is 11.2. The summed E-state index contributed by atoms with van der Waals surface area (Å²) < 4.78 is 5.89. The second kappa shape index (κ2) is 9.93. The molecule has 1 aliphatic heterocycles. The van der Waals surface area contributed by atoms with E-state index in [4.69, 9.17) is 10.5 Å². The van der Waals surface area contributed by atoms with Crippen molar-refractivity contribution in [2.24, 2.45) is 5.73 Å². The van der Waals surface area contributed by atoms with Gasteiger partial charge in [0, 0.05) is 12.3 Å². The molecule has 1 fully saturated rings. The Bertz CT molecular complexity index is 731. The van der Waals surface area contributed by atoms with Gasteiger partial charge in [0.2, 0.25) is 5.91 Å². The smallest absolute Gasteiger partial charge is 0.234 e. The van der Waals surface area contributed by atoms with Crippen LogP contribution in [0.1, 0.15) is 28.7 Å². The first kappa shape index (κ1) is 19.9. The number of hydrogen-bond donors (Lipinski definition) is 2. The molecular weight excluding hydrogens is 356 g/mol. The largest absolute Gasteiger partial charge is 0.372 e. The van der Waals surface area contributed by atoms with E-state index >= 15 is 0 Å².